The van der Waals surface area contributed by atoms with Crippen molar-refractivity contribution in [3.05, 3.63) is 47.1 Å². The summed E-state index contributed by atoms with van der Waals surface area (Å²) in [5.41, 5.74) is -0.0430. The molecule has 0 aromatic carbocycles. The van der Waals surface area contributed by atoms with Crippen molar-refractivity contribution in [3.63, 3.8) is 0 Å². The first-order valence-corrected chi connectivity index (χ1v) is 19.5. The fourth-order valence-corrected chi connectivity index (χ4v) is 4.92. The molecule has 5 rings (SSSR count). The Bertz CT molecular complexity index is 1540. The Kier molecular flexibility index (Phi) is 36.4. The summed E-state index contributed by atoms with van der Waals surface area (Å²) in [7, 11) is 0. The van der Waals surface area contributed by atoms with Crippen LogP contribution in [0.5, 0.6) is 0 Å². The molecule has 0 aliphatic carbocycles. The van der Waals surface area contributed by atoms with Crippen molar-refractivity contribution in [1.29, 1.82) is 0 Å². The number of amides is 1. The fourth-order valence-electron chi connectivity index (χ4n) is 4.92. The average Bonchev–Trinajstić information content (AvgIpc) is 3.78. The van der Waals surface area contributed by atoms with Crippen LogP contribution in [0.2, 0.25) is 0 Å². The van der Waals surface area contributed by atoms with Gasteiger partial charge in [-0.2, -0.15) is 20.4 Å². The molecule has 3 fully saturated rings. The van der Waals surface area contributed by atoms with Crippen molar-refractivity contribution in [2.24, 2.45) is 0 Å². The van der Waals surface area contributed by atoms with E-state index in [9.17, 15) is 24.8 Å². The standard InChI is InChI=1S/C14H22N4O4.C10H18O5.C9H14N4O2.C4H8O.CH2O3.ClH.2K.H/c1-14(2,3)22-13(19)17-8-6-16(7-9-17)11-4-5-12(15-10-11)18(20)21;1-9(2,3)14-7(11)13-8(12)15-10(4,5)6;14-13(15)9-2-1-8(7-11-9)12-5-3-10-4-6-12;1-2-4-5-3-1;2-1-4-3;;;;/h4-5,10,18,20H,6-9H2,1-3H3;1-6H3;1-2,7,10,13-14H,3-6H2;1-4H2;1,3H;1H;;;/q;;;;;;2*+1;-1/p-1. The summed E-state index contributed by atoms with van der Waals surface area (Å²) >= 11 is 0. The number of anilines is 2. The Morgan fingerprint density at radius 2 is 1.09 bits per heavy atom. The minimum absolute atomic E-state index is 0. The van der Waals surface area contributed by atoms with Crippen molar-refractivity contribution >= 4 is 60.3 Å². The number of nitrogens with one attached hydrogen (secondary N) is 3. The maximum atomic E-state index is 12.0. The third-order valence-electron chi connectivity index (χ3n) is 7.52. The predicted octanol–water partition coefficient (Wildman–Crippen LogP) is -3.92. The van der Waals surface area contributed by atoms with E-state index in [4.69, 9.17) is 39.4 Å². The van der Waals surface area contributed by atoms with E-state index in [1.54, 1.807) is 71.0 Å². The molecule has 0 spiro atoms. The van der Waals surface area contributed by atoms with Crippen LogP contribution in [0.15, 0.2) is 36.7 Å². The van der Waals surface area contributed by atoms with Gasteiger partial charge in [0.25, 0.3) is 18.1 Å². The Labute approximate surface area is 467 Å². The molecule has 3 saturated heterocycles. The van der Waals surface area contributed by atoms with Gasteiger partial charge in [0.05, 0.1) is 23.8 Å². The third kappa shape index (κ3) is 32.3. The van der Waals surface area contributed by atoms with Crippen LogP contribution in [0.1, 0.15) is 76.6 Å². The number of hydrogen-bond donors (Lipinski definition) is 5. The monoisotopic (exact) mass is 986 g/mol. The molecule has 23 nitrogen and oxygen atoms in total. The first-order chi connectivity index (χ1) is 28.4. The number of aromatic nitrogens is 2. The molecule has 0 bridgehead atoms. The smallest absolute Gasteiger partial charge is 1.00 e. The van der Waals surface area contributed by atoms with Crippen molar-refractivity contribution in [1.82, 2.24) is 20.2 Å². The number of carbonyl (C=O) groups is 4. The van der Waals surface area contributed by atoms with Crippen LogP contribution in [-0.4, -0.2) is 133 Å². The topological polar surface area (TPSA) is 290 Å². The summed E-state index contributed by atoms with van der Waals surface area (Å²) in [5, 5.41) is 48.6. The normalized spacial score (nSPS) is 15.4. The van der Waals surface area contributed by atoms with Gasteiger partial charge in [0.2, 0.25) is 0 Å². The van der Waals surface area contributed by atoms with Crippen LogP contribution in [-0.2, 0) is 33.4 Å². The van der Waals surface area contributed by atoms with Gasteiger partial charge in [-0.15, -0.1) is 12.4 Å². The van der Waals surface area contributed by atoms with E-state index in [0.717, 1.165) is 50.8 Å². The van der Waals surface area contributed by atoms with Crippen molar-refractivity contribution in [3.8, 4) is 0 Å². The molecule has 5 heterocycles. The zero-order valence-electron chi connectivity index (χ0n) is 39.9. The molecule has 2 aromatic rings. The number of piperazine rings is 2. The summed E-state index contributed by atoms with van der Waals surface area (Å²) in [6, 6.07) is 6.57. The molecule has 2 aromatic heterocycles. The van der Waals surface area contributed by atoms with Gasteiger partial charge >= 0.3 is 121 Å². The second kappa shape index (κ2) is 34.8. The van der Waals surface area contributed by atoms with Crippen LogP contribution < -0.4 is 134 Å². The van der Waals surface area contributed by atoms with Crippen LogP contribution in [0.3, 0.4) is 0 Å². The van der Waals surface area contributed by atoms with Crippen LogP contribution in [0, 0.1) is 10.4 Å². The van der Waals surface area contributed by atoms with E-state index in [0.29, 0.717) is 26.2 Å². The molecule has 0 radical (unpaired) electrons. The summed E-state index contributed by atoms with van der Waals surface area (Å²) in [4.78, 5) is 59.0. The van der Waals surface area contributed by atoms with Gasteiger partial charge in [-0.1, -0.05) is 0 Å². The molecule has 356 valence electrons. The van der Waals surface area contributed by atoms with Crippen molar-refractivity contribution in [2.75, 3.05) is 75.4 Å². The Morgan fingerprint density at radius 1 is 0.719 bits per heavy atom. The Balaban J connectivity index is -0.000000387. The number of carbonyl (C=O) groups excluding carboxylic acids is 4. The van der Waals surface area contributed by atoms with Gasteiger partial charge in [-0.3, -0.25) is 4.79 Å². The van der Waals surface area contributed by atoms with Gasteiger partial charge in [0.15, 0.2) is 0 Å². The molecule has 2 atom stereocenters. The molecule has 0 saturated carbocycles. The van der Waals surface area contributed by atoms with E-state index < -0.39 is 39.6 Å². The molecule has 64 heavy (non-hydrogen) atoms. The third-order valence-corrected chi connectivity index (χ3v) is 7.52. The van der Waals surface area contributed by atoms with Gasteiger partial charge in [0.1, 0.15) is 16.8 Å². The van der Waals surface area contributed by atoms with Crippen LogP contribution in [0.4, 0.5) is 37.4 Å². The van der Waals surface area contributed by atoms with Crippen LogP contribution >= 0.6 is 12.4 Å². The van der Waals surface area contributed by atoms with E-state index in [-0.39, 0.29) is 141 Å². The summed E-state index contributed by atoms with van der Waals surface area (Å²) in [6.07, 6.45) is 3.31. The molecular weight excluding hydrogens is 922 g/mol. The number of nitrogens with zero attached hydrogens (tertiary/aromatic N) is 5. The van der Waals surface area contributed by atoms with E-state index >= 15 is 0 Å². The van der Waals surface area contributed by atoms with Crippen LogP contribution in [0.25, 0.3) is 0 Å². The van der Waals surface area contributed by atoms with Gasteiger partial charge in [0, 0.05) is 77.7 Å². The summed E-state index contributed by atoms with van der Waals surface area (Å²) in [5.74, 6) is 0.116. The first kappa shape index (κ1) is 66.9. The summed E-state index contributed by atoms with van der Waals surface area (Å²) in [6.45, 7) is 23.6. The molecule has 1 amide bonds. The second-order valence-electron chi connectivity index (χ2n) is 16.1. The average molecular weight is 988 g/mol. The number of hydrogen-bond acceptors (Lipinski definition) is 20. The quantitative estimate of drug-likeness (QED) is 0.0364. The van der Waals surface area contributed by atoms with Crippen molar-refractivity contribution in [2.45, 2.75) is 92.0 Å². The van der Waals surface area contributed by atoms with E-state index in [2.05, 4.69) is 34.7 Å². The molecular formula is C38H65ClK2N8O15. The molecule has 2 unspecified atom stereocenters. The molecule has 3 aliphatic rings. The maximum Gasteiger partial charge on any atom is 1.00 e. The maximum absolute atomic E-state index is 12.0. The predicted molar refractivity (Wildman–Crippen MR) is 224 cm³/mol. The SMILES string of the molecule is C1CCOC1.CC(C)(C)OC(=O)N1CCN(c2ccc([NH+]([O-])O)nc2)CC1.CC(C)(C)OC(=O)OC(=O)OC(C)(C)C.Cl.O=CO[O-].[H-].[K+].[K+].[O-][NH+](O)c1ccc(N2CCNCC2)cn1. The fraction of sp³-hybridized carbons (Fsp3) is 0.632. The van der Waals surface area contributed by atoms with E-state index in [1.165, 1.54) is 18.9 Å². The number of pyridine rings is 2. The zero-order valence-corrected chi connectivity index (χ0v) is 45.9. The molecule has 26 heteroatoms. The molecule has 3 aliphatic heterocycles. The number of ether oxygens (including phenoxy) is 5. The van der Waals surface area contributed by atoms with Crippen molar-refractivity contribution < 1.29 is 178 Å². The second-order valence-corrected chi connectivity index (χ2v) is 16.1. The van der Waals surface area contributed by atoms with E-state index in [1.807, 2.05) is 26.8 Å². The largest absolute Gasteiger partial charge is 1.00 e. The number of quaternary nitrogens is 2. The minimum Gasteiger partial charge on any atom is -1.00 e. The molecule has 5 N–H and O–H groups in total. The Hall–Kier alpha value is -1.42. The number of halogens is 1. The van der Waals surface area contributed by atoms with Gasteiger partial charge in [-0.05, 0) is 87.3 Å². The van der Waals surface area contributed by atoms with Gasteiger partial charge < -0.3 is 65.7 Å². The minimum atomic E-state index is -1.06. The zero-order chi connectivity index (χ0) is 46.2. The van der Waals surface area contributed by atoms with Gasteiger partial charge in [-0.25, -0.2) is 24.8 Å². The summed E-state index contributed by atoms with van der Waals surface area (Å²) < 4.78 is 24.1. The Morgan fingerprint density at radius 3 is 1.38 bits per heavy atom. The number of rotatable bonds is 5. The first-order valence-electron chi connectivity index (χ1n) is 19.5.